The molecular weight excluding hydrogens is 342 g/mol. The Hall–Kier alpha value is -2.24. The Balaban J connectivity index is 1.42. The van der Waals surface area contributed by atoms with Crippen LogP contribution in [0.1, 0.15) is 42.4 Å². The number of quaternary nitrogens is 1. The summed E-state index contributed by atoms with van der Waals surface area (Å²) in [5.41, 5.74) is 2.21. The molecular formula is C21H24N3OS+. The van der Waals surface area contributed by atoms with Crippen molar-refractivity contribution in [2.45, 2.75) is 31.8 Å². The average Bonchev–Trinajstić information content (AvgIpc) is 3.28. The highest BCUT2D eigenvalue weighted by atomic mass is 32.1. The van der Waals surface area contributed by atoms with Crippen LogP contribution >= 0.6 is 11.3 Å². The number of fused-ring (bicyclic) bond motifs is 1. The van der Waals surface area contributed by atoms with E-state index in [0.717, 1.165) is 30.5 Å². The summed E-state index contributed by atoms with van der Waals surface area (Å²) in [7, 11) is 0. The van der Waals surface area contributed by atoms with Crippen molar-refractivity contribution in [1.29, 1.82) is 0 Å². The summed E-state index contributed by atoms with van der Waals surface area (Å²) in [5, 5.41) is 4.31. The highest BCUT2D eigenvalue weighted by Gasteiger charge is 2.34. The van der Waals surface area contributed by atoms with Crippen molar-refractivity contribution >= 4 is 27.5 Å². The van der Waals surface area contributed by atoms with Crippen molar-refractivity contribution in [3.8, 4) is 0 Å². The van der Waals surface area contributed by atoms with Crippen LogP contribution in [0.3, 0.4) is 0 Å². The maximum Gasteiger partial charge on any atom is 0.275 e. The number of carbonyl (C=O) groups is 1. The fourth-order valence-electron chi connectivity index (χ4n) is 3.78. The maximum absolute atomic E-state index is 12.6. The molecule has 0 aliphatic carbocycles. The number of nitrogens with one attached hydrogen (secondary N) is 2. The maximum atomic E-state index is 12.6. The van der Waals surface area contributed by atoms with Gasteiger partial charge in [-0.1, -0.05) is 42.5 Å². The first kappa shape index (κ1) is 17.2. The number of benzene rings is 2. The largest absolute Gasteiger partial charge is 0.345 e. The molecule has 4 rings (SSSR count). The van der Waals surface area contributed by atoms with Crippen molar-refractivity contribution in [2.75, 3.05) is 13.1 Å². The average molecular weight is 367 g/mol. The molecule has 0 radical (unpaired) electrons. The molecule has 134 valence electrons. The van der Waals surface area contributed by atoms with E-state index < -0.39 is 0 Å². The monoisotopic (exact) mass is 366 g/mol. The molecule has 26 heavy (non-hydrogen) atoms. The van der Waals surface area contributed by atoms with Crippen LogP contribution in [-0.4, -0.2) is 24.0 Å². The van der Waals surface area contributed by atoms with Gasteiger partial charge in [0.1, 0.15) is 6.04 Å². The second kappa shape index (κ2) is 7.56. The lowest BCUT2D eigenvalue weighted by Crippen LogP contribution is -3.11. The van der Waals surface area contributed by atoms with Gasteiger partial charge in [-0.05, 0) is 24.6 Å². The number of nitrogens with zero attached hydrogens (tertiary/aromatic N) is 1. The molecule has 1 aliphatic heterocycles. The van der Waals surface area contributed by atoms with Gasteiger partial charge in [-0.25, -0.2) is 4.98 Å². The Kier molecular flexibility index (Phi) is 5.00. The van der Waals surface area contributed by atoms with Crippen LogP contribution < -0.4 is 10.2 Å². The zero-order chi connectivity index (χ0) is 17.9. The quantitative estimate of drug-likeness (QED) is 0.729. The number of hydrogen-bond acceptors (Lipinski definition) is 3. The zero-order valence-electron chi connectivity index (χ0n) is 14.9. The minimum Gasteiger partial charge on any atom is -0.345 e. The van der Waals surface area contributed by atoms with Gasteiger partial charge < -0.3 is 10.2 Å². The first-order chi connectivity index (χ1) is 12.7. The van der Waals surface area contributed by atoms with Gasteiger partial charge in [0.25, 0.3) is 5.91 Å². The van der Waals surface area contributed by atoms with Gasteiger partial charge in [0.05, 0.1) is 22.8 Å². The number of amides is 1. The molecule has 0 bridgehead atoms. The molecule has 4 nitrogen and oxygen atoms in total. The van der Waals surface area contributed by atoms with Crippen molar-refractivity contribution in [1.82, 2.24) is 10.3 Å². The molecule has 1 aromatic heterocycles. The van der Waals surface area contributed by atoms with Crippen LogP contribution in [0, 0.1) is 0 Å². The summed E-state index contributed by atoms with van der Waals surface area (Å²) in [6, 6.07) is 18.8. The molecule has 3 aromatic rings. The molecule has 5 heteroatoms. The highest BCUT2D eigenvalue weighted by Crippen LogP contribution is 2.28. The number of carbonyl (C=O) groups excluding carboxylic acids is 1. The van der Waals surface area contributed by atoms with Crippen molar-refractivity contribution in [3.63, 3.8) is 0 Å². The highest BCUT2D eigenvalue weighted by molar-refractivity contribution is 7.18. The lowest BCUT2D eigenvalue weighted by molar-refractivity contribution is -0.910. The van der Waals surface area contributed by atoms with E-state index in [-0.39, 0.29) is 11.9 Å². The minimum atomic E-state index is 0.0339. The van der Waals surface area contributed by atoms with Crippen molar-refractivity contribution in [2.24, 2.45) is 0 Å². The molecule has 0 spiro atoms. The lowest BCUT2D eigenvalue weighted by atomic mass is 10.1. The first-order valence-electron chi connectivity index (χ1n) is 9.25. The third-order valence-electron chi connectivity index (χ3n) is 5.16. The van der Waals surface area contributed by atoms with Crippen LogP contribution in [0.25, 0.3) is 10.2 Å². The Labute approximate surface area is 157 Å². The number of thiazole rings is 1. The SMILES string of the molecule is C[C@H](NC(=O)C[NH+]1CCC[C@@H]1c1nc2ccccc2s1)c1ccccc1. The molecule has 1 aliphatic rings. The van der Waals surface area contributed by atoms with Gasteiger partial charge in [0.15, 0.2) is 11.6 Å². The van der Waals surface area contributed by atoms with Gasteiger partial charge in [-0.2, -0.15) is 0 Å². The number of likely N-dealkylation sites (tertiary alicyclic amines) is 1. The molecule has 0 saturated carbocycles. The number of aromatic nitrogens is 1. The second-order valence-electron chi connectivity index (χ2n) is 7.00. The Bertz CT molecular complexity index is 859. The van der Waals surface area contributed by atoms with Crippen LogP contribution in [0.15, 0.2) is 54.6 Å². The molecule has 1 saturated heterocycles. The van der Waals surface area contributed by atoms with Gasteiger partial charge in [0, 0.05) is 12.8 Å². The standard InChI is InChI=1S/C21H23N3OS/c1-15(16-8-3-2-4-9-16)22-20(25)14-24-13-7-11-18(24)21-23-17-10-5-6-12-19(17)26-21/h2-6,8-10,12,15,18H,7,11,13-14H2,1H3,(H,22,25)/p+1/t15-,18+/m0/s1. The van der Waals surface area contributed by atoms with E-state index in [4.69, 9.17) is 4.98 Å². The van der Waals surface area contributed by atoms with Crippen LogP contribution in [-0.2, 0) is 4.79 Å². The zero-order valence-corrected chi connectivity index (χ0v) is 15.8. The fourth-order valence-corrected chi connectivity index (χ4v) is 4.95. The lowest BCUT2D eigenvalue weighted by Gasteiger charge is -2.21. The summed E-state index contributed by atoms with van der Waals surface area (Å²) >= 11 is 1.77. The number of rotatable bonds is 5. The second-order valence-corrected chi connectivity index (χ2v) is 8.06. The van der Waals surface area contributed by atoms with Gasteiger partial charge in [-0.15, -0.1) is 11.3 Å². The summed E-state index contributed by atoms with van der Waals surface area (Å²) < 4.78 is 1.23. The van der Waals surface area contributed by atoms with Gasteiger partial charge in [-0.3, -0.25) is 4.79 Å². The third-order valence-corrected chi connectivity index (χ3v) is 6.31. The van der Waals surface area contributed by atoms with E-state index in [1.165, 1.54) is 14.6 Å². The third kappa shape index (κ3) is 3.64. The summed E-state index contributed by atoms with van der Waals surface area (Å²) in [6.07, 6.45) is 2.26. The normalized spacial score (nSPS) is 21.0. The minimum absolute atomic E-state index is 0.0339. The van der Waals surface area contributed by atoms with E-state index in [0.29, 0.717) is 12.6 Å². The smallest absolute Gasteiger partial charge is 0.275 e. The molecule has 2 N–H and O–H groups in total. The Morgan fingerprint density at radius 3 is 2.81 bits per heavy atom. The van der Waals surface area contributed by atoms with Crippen LogP contribution in [0.4, 0.5) is 0 Å². The molecule has 1 fully saturated rings. The fraction of sp³-hybridized carbons (Fsp3) is 0.333. The van der Waals surface area contributed by atoms with E-state index in [2.05, 4.69) is 35.6 Å². The molecule has 3 atom stereocenters. The van der Waals surface area contributed by atoms with Crippen LogP contribution in [0.5, 0.6) is 0 Å². The topological polar surface area (TPSA) is 46.4 Å². The van der Waals surface area contributed by atoms with Crippen LogP contribution in [0.2, 0.25) is 0 Å². The van der Waals surface area contributed by atoms with Crippen molar-refractivity contribution < 1.29 is 9.69 Å². The summed E-state index contributed by atoms with van der Waals surface area (Å²) in [4.78, 5) is 18.7. The first-order valence-corrected chi connectivity index (χ1v) is 10.1. The number of para-hydroxylation sites is 1. The Morgan fingerprint density at radius 1 is 1.23 bits per heavy atom. The van der Waals surface area contributed by atoms with E-state index in [1.807, 2.05) is 31.2 Å². The summed E-state index contributed by atoms with van der Waals surface area (Å²) in [5.74, 6) is 0.115. The van der Waals surface area contributed by atoms with Gasteiger partial charge >= 0.3 is 0 Å². The Morgan fingerprint density at radius 2 is 2.00 bits per heavy atom. The predicted octanol–water partition coefficient (Wildman–Crippen LogP) is 2.89. The molecule has 1 unspecified atom stereocenters. The molecule has 2 aromatic carbocycles. The molecule has 1 amide bonds. The summed E-state index contributed by atoms with van der Waals surface area (Å²) in [6.45, 7) is 3.59. The van der Waals surface area contributed by atoms with E-state index in [9.17, 15) is 4.79 Å². The van der Waals surface area contributed by atoms with Crippen molar-refractivity contribution in [3.05, 3.63) is 65.2 Å². The van der Waals surface area contributed by atoms with E-state index >= 15 is 0 Å². The van der Waals surface area contributed by atoms with E-state index in [1.54, 1.807) is 11.3 Å². The molecule has 2 heterocycles. The van der Waals surface area contributed by atoms with Gasteiger partial charge in [0.2, 0.25) is 0 Å². The predicted molar refractivity (Wildman–Crippen MR) is 105 cm³/mol. The number of hydrogen-bond donors (Lipinski definition) is 2.